The number of nitrogens with zero attached hydrogens (tertiary/aromatic N) is 5. The van der Waals surface area contributed by atoms with E-state index in [1.165, 1.54) is 24.1 Å². The molecule has 0 spiro atoms. The van der Waals surface area contributed by atoms with Gasteiger partial charge < -0.3 is 19.9 Å². The van der Waals surface area contributed by atoms with E-state index in [9.17, 15) is 41.0 Å². The van der Waals surface area contributed by atoms with Crippen molar-refractivity contribution >= 4 is 17.5 Å². The molecular weight excluding hydrogens is 724 g/mol. The maximum atomic E-state index is 15.5. The molecule has 2 N–H and O–H groups in total. The van der Waals surface area contributed by atoms with Crippen LogP contribution in [0.3, 0.4) is 0 Å². The summed E-state index contributed by atoms with van der Waals surface area (Å²) in [5.74, 6) is -6.15. The van der Waals surface area contributed by atoms with Crippen LogP contribution in [0.2, 0.25) is 0 Å². The number of rotatable bonds is 9. The molecule has 3 aliphatic heterocycles. The summed E-state index contributed by atoms with van der Waals surface area (Å²) in [5, 5.41) is 16.0. The Bertz CT molecular complexity index is 1930. The molecule has 0 radical (unpaired) electrons. The Morgan fingerprint density at radius 3 is 2.43 bits per heavy atom. The summed E-state index contributed by atoms with van der Waals surface area (Å²) in [6.07, 6.45) is -8.83. The number of hydrogen-bond acceptors (Lipinski definition) is 9. The third-order valence-electron chi connectivity index (χ3n) is 9.36. The largest absolute Gasteiger partial charge is 0.509 e. The summed E-state index contributed by atoms with van der Waals surface area (Å²) < 4.78 is 123. The highest BCUT2D eigenvalue weighted by Gasteiger charge is 2.53. The molecule has 1 atom stereocenters. The molecule has 0 saturated carbocycles. The second-order valence-corrected chi connectivity index (χ2v) is 12.7. The van der Waals surface area contributed by atoms with Gasteiger partial charge in [-0.05, 0) is 50.1 Å². The Labute approximate surface area is 296 Å². The van der Waals surface area contributed by atoms with Gasteiger partial charge in [-0.25, -0.2) is 19.4 Å². The van der Waals surface area contributed by atoms with Gasteiger partial charge in [-0.1, -0.05) is 6.07 Å². The van der Waals surface area contributed by atoms with E-state index in [1.807, 2.05) is 4.90 Å². The van der Waals surface area contributed by atoms with Gasteiger partial charge in [0, 0.05) is 37.3 Å². The molecule has 0 aliphatic carbocycles. The van der Waals surface area contributed by atoms with Crippen molar-refractivity contribution in [3.05, 3.63) is 82.5 Å². The van der Waals surface area contributed by atoms with Gasteiger partial charge in [0.05, 0.1) is 42.2 Å². The zero-order chi connectivity index (χ0) is 38.3. The van der Waals surface area contributed by atoms with Crippen LogP contribution in [0.25, 0.3) is 11.3 Å². The van der Waals surface area contributed by atoms with Crippen LogP contribution in [-0.4, -0.2) is 93.3 Å². The summed E-state index contributed by atoms with van der Waals surface area (Å²) in [6, 6.07) is 4.60. The molecule has 19 heteroatoms. The molecule has 2 fully saturated rings. The molecule has 4 heterocycles. The van der Waals surface area contributed by atoms with E-state index in [0.717, 1.165) is 11.1 Å². The summed E-state index contributed by atoms with van der Waals surface area (Å²) >= 11 is 0. The number of nitrogens with one attached hydrogen (secondary N) is 1. The van der Waals surface area contributed by atoms with Crippen LogP contribution in [0, 0.1) is 11.6 Å². The number of carbonyl (C=O) groups is 2. The molecule has 0 bridgehead atoms. The number of aliphatic hydroxyl groups is 1. The van der Waals surface area contributed by atoms with Gasteiger partial charge >= 0.3 is 12.4 Å². The predicted octanol–water partition coefficient (Wildman–Crippen LogP) is 5.73. The average Bonchev–Trinajstić information content (AvgIpc) is 3.52. The average molecular weight is 757 g/mol. The molecule has 11 nitrogen and oxygen atoms in total. The zero-order valence-corrected chi connectivity index (χ0v) is 28.0. The van der Waals surface area contributed by atoms with Crippen molar-refractivity contribution in [2.24, 2.45) is 0 Å². The normalized spacial score (nSPS) is 20.2. The lowest BCUT2D eigenvalue weighted by Crippen LogP contribution is -2.60. The molecule has 2 aromatic carbocycles. The number of benzene rings is 2. The maximum absolute atomic E-state index is 15.5. The van der Waals surface area contributed by atoms with Crippen molar-refractivity contribution in [1.82, 2.24) is 24.9 Å². The van der Waals surface area contributed by atoms with Gasteiger partial charge in [-0.3, -0.25) is 19.5 Å². The van der Waals surface area contributed by atoms with Crippen LogP contribution in [0.5, 0.6) is 5.75 Å². The number of aliphatic hydroxyl groups excluding tert-OH is 1. The van der Waals surface area contributed by atoms with Gasteiger partial charge in [-0.15, -0.1) is 0 Å². The number of anilines is 1. The van der Waals surface area contributed by atoms with Gasteiger partial charge in [0.1, 0.15) is 30.0 Å². The second-order valence-electron chi connectivity index (χ2n) is 12.7. The highest BCUT2D eigenvalue weighted by Crippen LogP contribution is 2.43. The van der Waals surface area contributed by atoms with Crippen LogP contribution in [0.1, 0.15) is 36.6 Å². The van der Waals surface area contributed by atoms with Crippen molar-refractivity contribution in [1.29, 1.82) is 0 Å². The van der Waals surface area contributed by atoms with Crippen LogP contribution in [0.15, 0.2) is 54.1 Å². The lowest BCUT2D eigenvalue weighted by atomic mass is 9.90. The van der Waals surface area contributed by atoms with E-state index in [0.29, 0.717) is 63.8 Å². The number of fused-ring (bicyclic) bond motifs is 1. The fourth-order valence-electron chi connectivity index (χ4n) is 6.51. The van der Waals surface area contributed by atoms with E-state index in [-0.39, 0.29) is 30.9 Å². The zero-order valence-electron chi connectivity index (χ0n) is 28.0. The third kappa shape index (κ3) is 7.63. The molecule has 53 heavy (non-hydrogen) atoms. The third-order valence-corrected chi connectivity index (χ3v) is 9.36. The van der Waals surface area contributed by atoms with Gasteiger partial charge in [0.25, 0.3) is 11.8 Å². The molecule has 1 unspecified atom stereocenters. The number of carbonyl (C=O) groups excluding carboxylic acids is 2. The van der Waals surface area contributed by atoms with Crippen LogP contribution < -0.4 is 10.1 Å². The van der Waals surface area contributed by atoms with Crippen LogP contribution >= 0.6 is 0 Å². The molecule has 2 amide bonds. The minimum Gasteiger partial charge on any atom is -0.509 e. The van der Waals surface area contributed by atoms with Gasteiger partial charge in [0.2, 0.25) is 5.82 Å². The first kappa shape index (κ1) is 37.9. The first-order valence-electron chi connectivity index (χ1n) is 16.3. The standard InChI is InChI=1S/C34H32F8N6O5/c1-32-7-2-8-48(32)47(17-19-3-6-24(28(36)27(19)35)53-14-11-46-9-12-52-13-10-46)31(51)26(29(32)49)30(50)45-22-5-4-20(33(37,38)39)15-21(22)23-16-25(34(40,41)42)44-18-43-23/h3-6,15-16,18,49H,2,7-14,17H2,1H3,(H,45,50). The quantitative estimate of drug-likeness (QED) is 0.208. The lowest BCUT2D eigenvalue weighted by Gasteiger charge is -2.46. The van der Waals surface area contributed by atoms with Gasteiger partial charge in [0.15, 0.2) is 11.6 Å². The number of alkyl halides is 6. The van der Waals surface area contributed by atoms with E-state index in [4.69, 9.17) is 9.47 Å². The Kier molecular flexibility index (Phi) is 10.4. The number of ether oxygens (including phenoxy) is 2. The Balaban J connectivity index is 1.28. The molecule has 3 aromatic rings. The molecular formula is C34H32F8N6O5. The summed E-state index contributed by atoms with van der Waals surface area (Å²) in [6.45, 7) is 4.02. The summed E-state index contributed by atoms with van der Waals surface area (Å²) in [5.41, 5.74) is -7.01. The van der Waals surface area contributed by atoms with Crippen molar-refractivity contribution in [2.75, 3.05) is 51.3 Å². The first-order chi connectivity index (χ1) is 25.0. The van der Waals surface area contributed by atoms with Crippen molar-refractivity contribution in [2.45, 2.75) is 44.2 Å². The fraction of sp³-hybridized carbons (Fsp3) is 0.412. The molecule has 2 saturated heterocycles. The smallest absolute Gasteiger partial charge is 0.433 e. The Morgan fingerprint density at radius 2 is 1.74 bits per heavy atom. The van der Waals surface area contributed by atoms with Crippen LogP contribution in [0.4, 0.5) is 40.8 Å². The molecule has 284 valence electrons. The first-order valence-corrected chi connectivity index (χ1v) is 16.3. The topological polar surface area (TPSA) is 120 Å². The monoisotopic (exact) mass is 756 g/mol. The van der Waals surface area contributed by atoms with Crippen molar-refractivity contribution < 1.29 is 59.3 Å². The van der Waals surface area contributed by atoms with Crippen LogP contribution in [-0.2, 0) is 33.2 Å². The van der Waals surface area contributed by atoms with Crippen molar-refractivity contribution in [3.63, 3.8) is 0 Å². The maximum Gasteiger partial charge on any atom is 0.433 e. The Hall–Kier alpha value is -4.88. The minimum absolute atomic E-state index is 0.0658. The highest BCUT2D eigenvalue weighted by molar-refractivity contribution is 6.24. The molecule has 6 rings (SSSR count). The Morgan fingerprint density at radius 1 is 1.00 bits per heavy atom. The molecule has 1 aromatic heterocycles. The van der Waals surface area contributed by atoms with E-state index in [2.05, 4.69) is 15.3 Å². The fourth-order valence-corrected chi connectivity index (χ4v) is 6.51. The lowest BCUT2D eigenvalue weighted by molar-refractivity contribution is -0.160. The molecule has 3 aliphatic rings. The van der Waals surface area contributed by atoms with E-state index >= 15 is 8.78 Å². The van der Waals surface area contributed by atoms with E-state index in [1.54, 1.807) is 0 Å². The second kappa shape index (κ2) is 14.5. The number of hydrogen-bond donors (Lipinski definition) is 2. The van der Waals surface area contributed by atoms with E-state index < -0.39 is 87.4 Å². The predicted molar refractivity (Wildman–Crippen MR) is 170 cm³/mol. The minimum atomic E-state index is -4.99. The SMILES string of the molecule is CC12CCCN1N(Cc1ccc(OCCN3CCOCC3)c(F)c1F)C(=O)C(C(=O)Nc1ccc(C(F)(F)F)cc1-c1cc(C(F)(F)F)ncn1)=C2O. The summed E-state index contributed by atoms with van der Waals surface area (Å²) in [7, 11) is 0. The number of halogens is 8. The number of aromatic nitrogens is 2. The number of morpholine rings is 1. The number of hydrazine groups is 1. The van der Waals surface area contributed by atoms with Crippen molar-refractivity contribution in [3.8, 4) is 17.0 Å². The number of amides is 2. The highest BCUT2D eigenvalue weighted by atomic mass is 19.4. The summed E-state index contributed by atoms with van der Waals surface area (Å²) in [4.78, 5) is 36.6. The van der Waals surface area contributed by atoms with Gasteiger partial charge in [-0.2, -0.15) is 30.7 Å².